The molecule has 4 heteroatoms. The van der Waals surface area contributed by atoms with Crippen molar-refractivity contribution in [3.63, 3.8) is 0 Å². The van der Waals surface area contributed by atoms with E-state index in [2.05, 4.69) is 5.32 Å². The number of rotatable bonds is 3. The number of alkyl carbamates (subject to hydrolysis) is 1. The highest BCUT2D eigenvalue weighted by atomic mass is 16.6. The molecule has 1 amide bonds. The first-order valence-electron chi connectivity index (χ1n) is 4.84. The minimum absolute atomic E-state index is 0.143. The third-order valence-corrected chi connectivity index (χ3v) is 2.06. The van der Waals surface area contributed by atoms with Crippen LogP contribution >= 0.6 is 0 Å². The van der Waals surface area contributed by atoms with Crippen LogP contribution in [0.15, 0.2) is 0 Å². The van der Waals surface area contributed by atoms with Crippen LogP contribution in [-0.2, 0) is 9.53 Å². The van der Waals surface area contributed by atoms with E-state index in [9.17, 15) is 9.59 Å². The maximum Gasteiger partial charge on any atom is 0.407 e. The second-order valence-electron chi connectivity index (χ2n) is 4.68. The summed E-state index contributed by atoms with van der Waals surface area (Å²) in [5, 5.41) is 2.65. The molecule has 0 saturated heterocycles. The van der Waals surface area contributed by atoms with Crippen molar-refractivity contribution in [2.45, 2.75) is 32.8 Å². The van der Waals surface area contributed by atoms with Crippen molar-refractivity contribution in [1.29, 1.82) is 0 Å². The first-order valence-corrected chi connectivity index (χ1v) is 4.84. The van der Waals surface area contributed by atoms with Gasteiger partial charge < -0.3 is 14.8 Å². The van der Waals surface area contributed by atoms with Crippen molar-refractivity contribution in [3.8, 4) is 0 Å². The zero-order chi connectivity index (χ0) is 10.8. The summed E-state index contributed by atoms with van der Waals surface area (Å²) in [6.07, 6.45) is 1.43. The Morgan fingerprint density at radius 2 is 2.21 bits per heavy atom. The summed E-state index contributed by atoms with van der Waals surface area (Å²) in [4.78, 5) is 21.5. The number of hydrogen-bond acceptors (Lipinski definition) is 3. The van der Waals surface area contributed by atoms with Crippen LogP contribution in [0.5, 0.6) is 0 Å². The van der Waals surface area contributed by atoms with Crippen molar-refractivity contribution in [1.82, 2.24) is 5.32 Å². The largest absolute Gasteiger partial charge is 0.444 e. The number of carbonyl (C=O) groups excluding carboxylic acids is 2. The minimum Gasteiger partial charge on any atom is -0.444 e. The molecule has 1 fully saturated rings. The number of amides is 1. The SMILES string of the molecule is CC(C)(C)OC(=O)NCC1CC1C=O. The molecular formula is C10H17NO3. The zero-order valence-corrected chi connectivity index (χ0v) is 8.87. The average molecular weight is 199 g/mol. The van der Waals surface area contributed by atoms with E-state index in [-0.39, 0.29) is 5.92 Å². The van der Waals surface area contributed by atoms with Gasteiger partial charge in [0.25, 0.3) is 0 Å². The summed E-state index contributed by atoms with van der Waals surface area (Å²) in [6, 6.07) is 0. The maximum absolute atomic E-state index is 11.2. The quantitative estimate of drug-likeness (QED) is 0.698. The van der Waals surface area contributed by atoms with Crippen LogP contribution in [0.1, 0.15) is 27.2 Å². The smallest absolute Gasteiger partial charge is 0.407 e. The lowest BCUT2D eigenvalue weighted by molar-refractivity contribution is -0.109. The van der Waals surface area contributed by atoms with Gasteiger partial charge in [-0.3, -0.25) is 0 Å². The zero-order valence-electron chi connectivity index (χ0n) is 8.87. The first kappa shape index (κ1) is 11.0. The van der Waals surface area contributed by atoms with Gasteiger partial charge in [0.05, 0.1) is 0 Å². The molecule has 1 rings (SSSR count). The molecule has 0 spiro atoms. The van der Waals surface area contributed by atoms with Crippen LogP contribution in [0.3, 0.4) is 0 Å². The Labute approximate surface area is 84.0 Å². The lowest BCUT2D eigenvalue weighted by Gasteiger charge is -2.19. The second-order valence-corrected chi connectivity index (χ2v) is 4.68. The molecule has 0 aromatic heterocycles. The van der Waals surface area contributed by atoms with Gasteiger partial charge in [-0.25, -0.2) is 4.79 Å². The fraction of sp³-hybridized carbons (Fsp3) is 0.800. The molecule has 14 heavy (non-hydrogen) atoms. The minimum atomic E-state index is -0.461. The molecule has 80 valence electrons. The Morgan fingerprint density at radius 3 is 2.64 bits per heavy atom. The molecule has 0 aromatic rings. The van der Waals surface area contributed by atoms with E-state index in [1.54, 1.807) is 0 Å². The van der Waals surface area contributed by atoms with Gasteiger partial charge in [0, 0.05) is 12.5 Å². The summed E-state index contributed by atoms with van der Waals surface area (Å²) in [5.74, 6) is 0.463. The number of aldehydes is 1. The Balaban J connectivity index is 2.13. The molecule has 1 aliphatic carbocycles. The molecule has 0 heterocycles. The number of hydrogen-bond donors (Lipinski definition) is 1. The standard InChI is InChI=1S/C10H17NO3/c1-10(2,3)14-9(13)11-5-7-4-8(7)6-12/h6-8H,4-5H2,1-3H3,(H,11,13). The summed E-state index contributed by atoms with van der Waals surface area (Å²) < 4.78 is 5.05. The molecular weight excluding hydrogens is 182 g/mol. The monoisotopic (exact) mass is 199 g/mol. The van der Waals surface area contributed by atoms with Crippen molar-refractivity contribution in [2.24, 2.45) is 11.8 Å². The number of nitrogens with one attached hydrogen (secondary N) is 1. The Hall–Kier alpha value is -1.06. The predicted octanol–water partition coefficient (Wildman–Crippen LogP) is 1.35. The van der Waals surface area contributed by atoms with E-state index >= 15 is 0 Å². The lowest BCUT2D eigenvalue weighted by atomic mass is 10.2. The van der Waals surface area contributed by atoms with Gasteiger partial charge >= 0.3 is 6.09 Å². The van der Waals surface area contributed by atoms with E-state index in [0.29, 0.717) is 12.5 Å². The van der Waals surface area contributed by atoms with Crippen LogP contribution < -0.4 is 5.32 Å². The third kappa shape index (κ3) is 3.77. The highest BCUT2D eigenvalue weighted by Crippen LogP contribution is 2.35. The highest BCUT2D eigenvalue weighted by Gasteiger charge is 2.36. The summed E-state index contributed by atoms with van der Waals surface area (Å²) in [6.45, 7) is 5.99. The number of carbonyl (C=O) groups is 2. The van der Waals surface area contributed by atoms with E-state index in [1.165, 1.54) is 0 Å². The van der Waals surface area contributed by atoms with E-state index in [4.69, 9.17) is 4.74 Å². The molecule has 2 unspecified atom stereocenters. The summed E-state index contributed by atoms with van der Waals surface area (Å²) in [5.41, 5.74) is -0.461. The average Bonchev–Trinajstić information content (AvgIpc) is 2.76. The molecule has 2 atom stereocenters. The highest BCUT2D eigenvalue weighted by molar-refractivity contribution is 5.68. The third-order valence-electron chi connectivity index (χ3n) is 2.06. The molecule has 0 aliphatic heterocycles. The van der Waals surface area contributed by atoms with Gasteiger partial charge in [-0.2, -0.15) is 0 Å². The van der Waals surface area contributed by atoms with Gasteiger partial charge in [0.1, 0.15) is 11.9 Å². The number of ether oxygens (including phenoxy) is 1. The van der Waals surface area contributed by atoms with Crippen LogP contribution in [-0.4, -0.2) is 24.5 Å². The summed E-state index contributed by atoms with van der Waals surface area (Å²) in [7, 11) is 0. The van der Waals surface area contributed by atoms with Gasteiger partial charge in [0.15, 0.2) is 0 Å². The molecule has 0 bridgehead atoms. The van der Waals surface area contributed by atoms with Crippen LogP contribution in [0, 0.1) is 11.8 Å². The van der Waals surface area contributed by atoms with Gasteiger partial charge in [-0.1, -0.05) is 0 Å². The molecule has 0 radical (unpaired) electrons. The normalized spacial score (nSPS) is 25.4. The van der Waals surface area contributed by atoms with Crippen LogP contribution in [0.25, 0.3) is 0 Å². The van der Waals surface area contributed by atoms with E-state index in [1.807, 2.05) is 20.8 Å². The molecule has 4 nitrogen and oxygen atoms in total. The molecule has 1 aliphatic rings. The second kappa shape index (κ2) is 3.98. The van der Waals surface area contributed by atoms with E-state index < -0.39 is 11.7 Å². The van der Waals surface area contributed by atoms with E-state index in [0.717, 1.165) is 12.7 Å². The molecule has 1 saturated carbocycles. The maximum atomic E-state index is 11.2. The first-order chi connectivity index (χ1) is 6.42. The fourth-order valence-corrected chi connectivity index (χ4v) is 1.20. The van der Waals surface area contributed by atoms with Crippen LogP contribution in [0.4, 0.5) is 4.79 Å². The lowest BCUT2D eigenvalue weighted by Crippen LogP contribution is -2.33. The summed E-state index contributed by atoms with van der Waals surface area (Å²) >= 11 is 0. The van der Waals surface area contributed by atoms with Crippen molar-refractivity contribution >= 4 is 12.4 Å². The van der Waals surface area contributed by atoms with Gasteiger partial charge in [0.2, 0.25) is 0 Å². The predicted molar refractivity (Wildman–Crippen MR) is 51.9 cm³/mol. The molecule has 0 aromatic carbocycles. The van der Waals surface area contributed by atoms with Crippen molar-refractivity contribution < 1.29 is 14.3 Å². The Kier molecular flexibility index (Phi) is 3.13. The van der Waals surface area contributed by atoms with Gasteiger partial charge in [-0.15, -0.1) is 0 Å². The van der Waals surface area contributed by atoms with Crippen molar-refractivity contribution in [2.75, 3.05) is 6.54 Å². The topological polar surface area (TPSA) is 55.4 Å². The fourth-order valence-electron chi connectivity index (χ4n) is 1.20. The van der Waals surface area contributed by atoms with Crippen LogP contribution in [0.2, 0.25) is 0 Å². The Bertz CT molecular complexity index is 232. The van der Waals surface area contributed by atoms with Crippen molar-refractivity contribution in [3.05, 3.63) is 0 Å². The van der Waals surface area contributed by atoms with Gasteiger partial charge in [-0.05, 0) is 33.1 Å². The Morgan fingerprint density at radius 1 is 1.57 bits per heavy atom. The molecule has 1 N–H and O–H groups in total.